The Kier molecular flexibility index (Phi) is 7.68. The zero-order valence-corrected chi connectivity index (χ0v) is 21.1. The van der Waals surface area contributed by atoms with Gasteiger partial charge in [0.25, 0.3) is 0 Å². The van der Waals surface area contributed by atoms with Crippen molar-refractivity contribution >= 4 is 16.5 Å². The molecule has 0 atom stereocenters. The van der Waals surface area contributed by atoms with Crippen LogP contribution in [0.15, 0.2) is 48.3 Å². The van der Waals surface area contributed by atoms with Crippen LogP contribution in [0.2, 0.25) is 0 Å². The van der Waals surface area contributed by atoms with Crippen molar-refractivity contribution in [2.75, 3.05) is 20.3 Å². The molecule has 0 unspecified atom stereocenters. The molecular formula is C27H40N4O3. The minimum absolute atomic E-state index is 0.0243. The Balaban J connectivity index is 1.78. The first-order valence-corrected chi connectivity index (χ1v) is 11.9. The number of phenolic OH excluding ortho intramolecular Hbond substituents is 1. The summed E-state index contributed by atoms with van der Waals surface area (Å²) in [6, 6.07) is 9.51. The first-order valence-electron chi connectivity index (χ1n) is 11.9. The average Bonchev–Trinajstić information content (AvgIpc) is 2.74. The van der Waals surface area contributed by atoms with E-state index in [0.29, 0.717) is 41.9 Å². The lowest BCUT2D eigenvalue weighted by Crippen LogP contribution is -2.61. The van der Waals surface area contributed by atoms with Gasteiger partial charge in [-0.1, -0.05) is 6.07 Å². The van der Waals surface area contributed by atoms with E-state index in [4.69, 9.17) is 21.3 Å². The summed E-state index contributed by atoms with van der Waals surface area (Å²) in [5, 5.41) is 25.0. The first-order chi connectivity index (χ1) is 15.9. The summed E-state index contributed by atoms with van der Waals surface area (Å²) < 4.78 is 5.63. The van der Waals surface area contributed by atoms with Crippen LogP contribution < -0.4 is 21.5 Å². The monoisotopic (exact) mass is 468 g/mol. The Labute approximate surface area is 203 Å². The predicted molar refractivity (Wildman–Crippen MR) is 139 cm³/mol. The van der Waals surface area contributed by atoms with E-state index in [1.165, 1.54) is 0 Å². The third-order valence-electron chi connectivity index (χ3n) is 6.37. The van der Waals surface area contributed by atoms with Crippen LogP contribution in [0.5, 0.6) is 11.5 Å². The van der Waals surface area contributed by atoms with Gasteiger partial charge >= 0.3 is 0 Å². The summed E-state index contributed by atoms with van der Waals surface area (Å²) in [7, 11) is 2.02. The van der Waals surface area contributed by atoms with E-state index in [9.17, 15) is 5.11 Å². The molecule has 1 heterocycles. The number of rotatable bonds is 8. The molecule has 0 bridgehead atoms. The molecule has 0 saturated carbocycles. The van der Waals surface area contributed by atoms with Gasteiger partial charge in [0, 0.05) is 48.5 Å². The van der Waals surface area contributed by atoms with Gasteiger partial charge in [-0.2, -0.15) is 0 Å². The van der Waals surface area contributed by atoms with Crippen LogP contribution in [0.3, 0.4) is 0 Å². The molecule has 1 fully saturated rings. The van der Waals surface area contributed by atoms with Crippen LogP contribution in [-0.2, 0) is 0 Å². The third kappa shape index (κ3) is 6.36. The first kappa shape index (κ1) is 25.7. The van der Waals surface area contributed by atoms with Crippen LogP contribution in [-0.4, -0.2) is 52.5 Å². The lowest BCUT2D eigenvalue weighted by molar-refractivity contribution is 0.0981. The van der Waals surface area contributed by atoms with Crippen molar-refractivity contribution in [3.05, 3.63) is 53.9 Å². The van der Waals surface area contributed by atoms with E-state index in [1.807, 2.05) is 31.3 Å². The van der Waals surface area contributed by atoms with Crippen molar-refractivity contribution < 1.29 is 14.9 Å². The zero-order chi connectivity index (χ0) is 25.1. The van der Waals surface area contributed by atoms with Crippen molar-refractivity contribution in [2.45, 2.75) is 64.1 Å². The summed E-state index contributed by atoms with van der Waals surface area (Å²) in [5.74, 6) is 1.42. The van der Waals surface area contributed by atoms with Crippen molar-refractivity contribution in [1.29, 1.82) is 0 Å². The smallest absolute Gasteiger partial charge is 0.125 e. The SMILES string of the molecule is CN(/C(N)=C/C=C(\N)c1cc2ccc(OCCCO)cc2cc1O)C1CC(C)(C)NC(C)(C)C1. The van der Waals surface area contributed by atoms with Gasteiger partial charge in [-0.3, -0.25) is 0 Å². The number of benzene rings is 2. The molecule has 0 spiro atoms. The Morgan fingerprint density at radius 3 is 2.41 bits per heavy atom. The molecule has 0 radical (unpaired) electrons. The van der Waals surface area contributed by atoms with E-state index in [2.05, 4.69) is 37.9 Å². The van der Waals surface area contributed by atoms with Crippen molar-refractivity contribution in [2.24, 2.45) is 11.5 Å². The molecule has 186 valence electrons. The Morgan fingerprint density at radius 1 is 1.09 bits per heavy atom. The molecular weight excluding hydrogens is 428 g/mol. The number of nitrogens with two attached hydrogens (primary N) is 2. The van der Waals surface area contributed by atoms with Crippen LogP contribution in [0, 0.1) is 0 Å². The van der Waals surface area contributed by atoms with E-state index in [1.54, 1.807) is 18.2 Å². The second kappa shape index (κ2) is 10.2. The lowest BCUT2D eigenvalue weighted by atomic mass is 9.79. The Hall–Kier alpha value is -2.90. The van der Waals surface area contributed by atoms with Crippen molar-refractivity contribution in [3.63, 3.8) is 0 Å². The topological polar surface area (TPSA) is 117 Å². The maximum Gasteiger partial charge on any atom is 0.125 e. The van der Waals surface area contributed by atoms with E-state index in [-0.39, 0.29) is 23.4 Å². The van der Waals surface area contributed by atoms with Gasteiger partial charge in [0.05, 0.1) is 12.4 Å². The zero-order valence-electron chi connectivity index (χ0n) is 21.1. The number of nitrogens with one attached hydrogen (secondary N) is 1. The molecule has 7 N–H and O–H groups in total. The van der Waals surface area contributed by atoms with Crippen LogP contribution >= 0.6 is 0 Å². The number of piperidine rings is 1. The summed E-state index contributed by atoms with van der Waals surface area (Å²) in [5.41, 5.74) is 13.8. The second-order valence-electron chi connectivity index (χ2n) is 10.6. The van der Waals surface area contributed by atoms with Crippen LogP contribution in [0.25, 0.3) is 16.5 Å². The third-order valence-corrected chi connectivity index (χ3v) is 6.37. The van der Waals surface area contributed by atoms with Crippen molar-refractivity contribution in [1.82, 2.24) is 10.2 Å². The van der Waals surface area contributed by atoms with Gasteiger partial charge in [0.15, 0.2) is 0 Å². The lowest BCUT2D eigenvalue weighted by Gasteiger charge is -2.49. The number of fused-ring (bicyclic) bond motifs is 1. The average molecular weight is 469 g/mol. The molecule has 7 nitrogen and oxygen atoms in total. The van der Waals surface area contributed by atoms with Gasteiger partial charge in [0.2, 0.25) is 0 Å². The highest BCUT2D eigenvalue weighted by Gasteiger charge is 2.39. The number of ether oxygens (including phenoxy) is 1. The highest BCUT2D eigenvalue weighted by molar-refractivity contribution is 5.89. The summed E-state index contributed by atoms with van der Waals surface area (Å²) in [6.45, 7) is 9.42. The molecule has 7 heteroatoms. The summed E-state index contributed by atoms with van der Waals surface area (Å²) >= 11 is 0. The maximum absolute atomic E-state index is 10.6. The molecule has 2 aromatic carbocycles. The molecule has 0 amide bonds. The molecule has 1 aliphatic rings. The fourth-order valence-corrected chi connectivity index (χ4v) is 4.97. The van der Waals surface area contributed by atoms with E-state index >= 15 is 0 Å². The number of aliphatic hydroxyl groups is 1. The summed E-state index contributed by atoms with van der Waals surface area (Å²) in [4.78, 5) is 2.12. The Morgan fingerprint density at radius 2 is 1.76 bits per heavy atom. The molecule has 2 aromatic rings. The Bertz CT molecular complexity index is 1060. The van der Waals surface area contributed by atoms with E-state index in [0.717, 1.165) is 23.6 Å². The highest BCUT2D eigenvalue weighted by atomic mass is 16.5. The molecule has 1 aliphatic heterocycles. The number of hydrogen-bond donors (Lipinski definition) is 5. The molecule has 0 aromatic heterocycles. The standard InChI is InChI=1S/C27H40N4O3/c1-26(2)16-20(17-27(3,4)30-26)31(5)25(29)10-9-23(28)22-14-18-7-8-21(34-12-6-11-32)13-19(18)15-24(22)33/h7-10,13-15,20,30,32-33H,6,11-12,16-17,28-29H2,1-5H3/b23-9-,25-10+. The van der Waals surface area contributed by atoms with Gasteiger partial charge in [0.1, 0.15) is 11.5 Å². The van der Waals surface area contributed by atoms with Gasteiger partial charge in [-0.05, 0) is 87.7 Å². The number of hydrogen-bond acceptors (Lipinski definition) is 7. The van der Waals surface area contributed by atoms with Crippen LogP contribution in [0.1, 0.15) is 52.5 Å². The van der Waals surface area contributed by atoms with Crippen molar-refractivity contribution in [3.8, 4) is 11.5 Å². The fraction of sp³-hybridized carbons (Fsp3) is 0.481. The number of phenols is 1. The van der Waals surface area contributed by atoms with Crippen LogP contribution in [0.4, 0.5) is 0 Å². The molecule has 0 aliphatic carbocycles. The van der Waals surface area contributed by atoms with Gasteiger partial charge < -0.3 is 36.6 Å². The van der Waals surface area contributed by atoms with Gasteiger partial charge in [-0.15, -0.1) is 0 Å². The predicted octanol–water partition coefficient (Wildman–Crippen LogP) is 3.65. The normalized spacial score (nSPS) is 18.8. The fourth-order valence-electron chi connectivity index (χ4n) is 4.97. The maximum atomic E-state index is 10.6. The molecule has 34 heavy (non-hydrogen) atoms. The largest absolute Gasteiger partial charge is 0.507 e. The minimum Gasteiger partial charge on any atom is -0.507 e. The number of allylic oxidation sites excluding steroid dienone is 2. The highest BCUT2D eigenvalue weighted by Crippen LogP contribution is 2.33. The number of aliphatic hydroxyl groups excluding tert-OH is 1. The number of nitrogens with zero attached hydrogens (tertiary/aromatic N) is 1. The minimum atomic E-state index is 0.0243. The quantitative estimate of drug-likeness (QED) is 0.297. The molecule has 1 saturated heterocycles. The summed E-state index contributed by atoms with van der Waals surface area (Å²) in [6.07, 6.45) is 6.09. The van der Waals surface area contributed by atoms with Gasteiger partial charge in [-0.25, -0.2) is 0 Å². The molecule has 3 rings (SSSR count). The van der Waals surface area contributed by atoms with E-state index < -0.39 is 0 Å². The second-order valence-corrected chi connectivity index (χ2v) is 10.6. The number of aromatic hydroxyl groups is 1.